The molecule has 0 aliphatic carbocycles. The average Bonchev–Trinajstić information content (AvgIpc) is 2.67. The summed E-state index contributed by atoms with van der Waals surface area (Å²) in [7, 11) is -4.04. The molecule has 0 amide bonds. The number of ether oxygens (including phenoxy) is 2. The third-order valence-corrected chi connectivity index (χ3v) is 5.54. The van der Waals surface area contributed by atoms with Crippen molar-refractivity contribution in [2.75, 3.05) is 6.61 Å². The molecule has 0 aromatic heterocycles. The molecule has 0 saturated heterocycles. The van der Waals surface area contributed by atoms with E-state index in [0.29, 0.717) is 5.75 Å². The van der Waals surface area contributed by atoms with Gasteiger partial charge in [-0.2, -0.15) is 8.42 Å². The van der Waals surface area contributed by atoms with Gasteiger partial charge in [-0.3, -0.25) is 14.3 Å². The first-order chi connectivity index (χ1) is 13.3. The summed E-state index contributed by atoms with van der Waals surface area (Å²) < 4.78 is 42.0. The largest absolute Gasteiger partial charge is 0.486 e. The fourth-order valence-electron chi connectivity index (χ4n) is 2.71. The van der Waals surface area contributed by atoms with Crippen LogP contribution in [0, 0.1) is 17.0 Å². The maximum absolute atomic E-state index is 12.6. The summed E-state index contributed by atoms with van der Waals surface area (Å²) in [5, 5.41) is 11.0. The van der Waals surface area contributed by atoms with Gasteiger partial charge < -0.3 is 9.47 Å². The quantitative estimate of drug-likeness (QED) is 0.301. The standard InChI is InChI=1S/C19H19NO7S/c1-3-4-17(27-28(23,24)15-8-5-13(2)6-9-15)19-12-25-16-10-7-14(20(21)22)11-18(16)26-19/h3,5-11,17,19H,1,4,12H2,2H3. The average molecular weight is 405 g/mol. The lowest BCUT2D eigenvalue weighted by molar-refractivity contribution is -0.385. The SMILES string of the molecule is C=CCC(OS(=O)(=O)c1ccc(C)cc1)C1COc2ccc([N+](=O)[O-])cc2O1. The smallest absolute Gasteiger partial charge is 0.297 e. The molecule has 28 heavy (non-hydrogen) atoms. The molecule has 2 atom stereocenters. The van der Waals surface area contributed by atoms with Crippen molar-refractivity contribution in [3.8, 4) is 11.5 Å². The molecule has 148 valence electrons. The number of benzene rings is 2. The van der Waals surface area contributed by atoms with Crippen LogP contribution in [0.5, 0.6) is 11.5 Å². The van der Waals surface area contributed by atoms with Crippen LogP contribution in [0.15, 0.2) is 60.0 Å². The summed E-state index contributed by atoms with van der Waals surface area (Å²) >= 11 is 0. The zero-order chi connectivity index (χ0) is 20.3. The van der Waals surface area contributed by atoms with Gasteiger partial charge >= 0.3 is 0 Å². The Morgan fingerprint density at radius 2 is 2.00 bits per heavy atom. The fourth-order valence-corrected chi connectivity index (χ4v) is 3.82. The van der Waals surface area contributed by atoms with Crippen LogP contribution < -0.4 is 9.47 Å². The Morgan fingerprint density at radius 3 is 2.64 bits per heavy atom. The Bertz CT molecular complexity index is 986. The molecule has 0 N–H and O–H groups in total. The molecule has 8 nitrogen and oxygen atoms in total. The number of rotatable bonds is 7. The topological polar surface area (TPSA) is 105 Å². The van der Waals surface area contributed by atoms with Crippen molar-refractivity contribution < 1.29 is 27.0 Å². The number of non-ortho nitro benzene ring substituents is 1. The predicted octanol–water partition coefficient (Wildman–Crippen LogP) is 3.39. The Balaban J connectivity index is 1.82. The van der Waals surface area contributed by atoms with Crippen LogP contribution in [0.2, 0.25) is 0 Å². The van der Waals surface area contributed by atoms with Gasteiger partial charge in [0.25, 0.3) is 15.8 Å². The minimum Gasteiger partial charge on any atom is -0.486 e. The van der Waals surface area contributed by atoms with E-state index in [1.165, 1.54) is 36.4 Å². The Kier molecular flexibility index (Phi) is 5.66. The predicted molar refractivity (Wildman–Crippen MR) is 101 cm³/mol. The highest BCUT2D eigenvalue weighted by Crippen LogP contribution is 2.36. The highest BCUT2D eigenvalue weighted by atomic mass is 32.2. The summed E-state index contributed by atoms with van der Waals surface area (Å²) in [6.45, 7) is 5.51. The number of nitro benzene ring substituents is 1. The monoisotopic (exact) mass is 405 g/mol. The molecule has 0 fully saturated rings. The Morgan fingerprint density at radius 1 is 1.29 bits per heavy atom. The van der Waals surface area contributed by atoms with E-state index >= 15 is 0 Å². The lowest BCUT2D eigenvalue weighted by atomic mass is 10.1. The second-order valence-corrected chi connectivity index (χ2v) is 7.85. The van der Waals surface area contributed by atoms with Crippen molar-refractivity contribution in [3.63, 3.8) is 0 Å². The summed E-state index contributed by atoms with van der Waals surface area (Å²) in [4.78, 5) is 10.4. The van der Waals surface area contributed by atoms with E-state index in [1.54, 1.807) is 12.1 Å². The van der Waals surface area contributed by atoms with Crippen LogP contribution in [0.25, 0.3) is 0 Å². The molecule has 1 heterocycles. The molecular weight excluding hydrogens is 386 g/mol. The number of fused-ring (bicyclic) bond motifs is 1. The molecule has 0 spiro atoms. The minimum absolute atomic E-state index is 0.0277. The molecular formula is C19H19NO7S. The van der Waals surface area contributed by atoms with Crippen LogP contribution in [0.4, 0.5) is 5.69 Å². The highest BCUT2D eigenvalue weighted by molar-refractivity contribution is 7.86. The zero-order valence-electron chi connectivity index (χ0n) is 15.1. The number of aryl methyl sites for hydroxylation is 1. The summed E-state index contributed by atoms with van der Waals surface area (Å²) in [5.41, 5.74) is 0.764. The van der Waals surface area contributed by atoms with Gasteiger partial charge in [-0.25, -0.2) is 0 Å². The van der Waals surface area contributed by atoms with Crippen molar-refractivity contribution in [1.29, 1.82) is 0 Å². The molecule has 2 aromatic rings. The fraction of sp³-hybridized carbons (Fsp3) is 0.263. The highest BCUT2D eigenvalue weighted by Gasteiger charge is 2.34. The molecule has 1 aliphatic heterocycles. The second-order valence-electron chi connectivity index (χ2n) is 6.28. The van der Waals surface area contributed by atoms with E-state index in [9.17, 15) is 18.5 Å². The number of hydrogen-bond donors (Lipinski definition) is 0. The van der Waals surface area contributed by atoms with Gasteiger partial charge in [0.1, 0.15) is 12.7 Å². The van der Waals surface area contributed by atoms with Crippen molar-refractivity contribution in [1.82, 2.24) is 0 Å². The normalized spacial score (nSPS) is 17.0. The molecule has 3 rings (SSSR count). The Labute approximate surface area is 162 Å². The Hall–Kier alpha value is -2.91. The van der Waals surface area contributed by atoms with E-state index < -0.39 is 27.2 Å². The van der Waals surface area contributed by atoms with Crippen LogP contribution in [0.1, 0.15) is 12.0 Å². The van der Waals surface area contributed by atoms with E-state index in [2.05, 4.69) is 6.58 Å². The molecule has 0 bridgehead atoms. The van der Waals surface area contributed by atoms with Crippen LogP contribution >= 0.6 is 0 Å². The number of nitro groups is 1. The van der Waals surface area contributed by atoms with Gasteiger partial charge in [0, 0.05) is 6.07 Å². The van der Waals surface area contributed by atoms with E-state index in [4.69, 9.17) is 13.7 Å². The maximum atomic E-state index is 12.6. The summed E-state index contributed by atoms with van der Waals surface area (Å²) in [6, 6.07) is 10.3. The molecule has 1 aliphatic rings. The molecule has 9 heteroatoms. The van der Waals surface area contributed by atoms with E-state index in [0.717, 1.165) is 5.56 Å². The van der Waals surface area contributed by atoms with Crippen molar-refractivity contribution >= 4 is 15.8 Å². The maximum Gasteiger partial charge on any atom is 0.297 e. The molecule has 0 radical (unpaired) electrons. The first-order valence-corrected chi connectivity index (χ1v) is 9.90. The molecule has 2 aromatic carbocycles. The summed E-state index contributed by atoms with van der Waals surface area (Å²) in [5.74, 6) is 0.511. The van der Waals surface area contributed by atoms with Gasteiger partial charge in [-0.05, 0) is 31.5 Å². The molecule has 2 unspecified atom stereocenters. The van der Waals surface area contributed by atoms with Gasteiger partial charge in [-0.15, -0.1) is 6.58 Å². The first kappa shape index (κ1) is 19.8. The first-order valence-electron chi connectivity index (χ1n) is 8.49. The van der Waals surface area contributed by atoms with Crippen LogP contribution in [-0.2, 0) is 14.3 Å². The van der Waals surface area contributed by atoms with Crippen molar-refractivity contribution in [3.05, 3.63) is 70.8 Å². The van der Waals surface area contributed by atoms with Gasteiger partial charge in [0.2, 0.25) is 0 Å². The van der Waals surface area contributed by atoms with E-state index in [-0.39, 0.29) is 29.4 Å². The van der Waals surface area contributed by atoms with Crippen molar-refractivity contribution in [2.45, 2.75) is 30.4 Å². The van der Waals surface area contributed by atoms with Gasteiger partial charge in [0.15, 0.2) is 17.6 Å². The second kappa shape index (κ2) is 7.99. The zero-order valence-corrected chi connectivity index (χ0v) is 15.9. The summed E-state index contributed by atoms with van der Waals surface area (Å²) in [6.07, 6.45) is 0.00864. The minimum atomic E-state index is -4.04. The number of hydrogen-bond acceptors (Lipinski definition) is 7. The van der Waals surface area contributed by atoms with Gasteiger partial charge in [0.05, 0.1) is 15.9 Å². The third-order valence-electron chi connectivity index (χ3n) is 4.19. The van der Waals surface area contributed by atoms with Crippen LogP contribution in [-0.4, -0.2) is 32.2 Å². The molecule has 0 saturated carbocycles. The third kappa shape index (κ3) is 4.32. The van der Waals surface area contributed by atoms with Crippen molar-refractivity contribution in [2.24, 2.45) is 0 Å². The number of nitrogens with zero attached hydrogens (tertiary/aromatic N) is 1. The lowest BCUT2D eigenvalue weighted by Crippen LogP contribution is -2.42. The lowest BCUT2D eigenvalue weighted by Gasteiger charge is -2.31. The van der Waals surface area contributed by atoms with Gasteiger partial charge in [-0.1, -0.05) is 23.8 Å². The van der Waals surface area contributed by atoms with Crippen LogP contribution in [0.3, 0.4) is 0 Å². The van der Waals surface area contributed by atoms with E-state index in [1.807, 2.05) is 6.92 Å².